The van der Waals surface area contributed by atoms with Gasteiger partial charge in [0.25, 0.3) is 0 Å². The number of nitrogens with zero attached hydrogens (tertiary/aromatic N) is 4. The summed E-state index contributed by atoms with van der Waals surface area (Å²) in [6.07, 6.45) is 1.42. The zero-order valence-electron chi connectivity index (χ0n) is 10.6. The standard InChI is InChI=1S/C12H13N5O2/c1-7-3-4-8(19-7)5-17-10-9(16-12(17)13)11(18-2)15-6-14-10/h3-4,6H,5H2,1-2H3,(H2,13,16). The second kappa shape index (κ2) is 4.27. The van der Waals surface area contributed by atoms with Gasteiger partial charge >= 0.3 is 0 Å². The minimum Gasteiger partial charge on any atom is -0.479 e. The van der Waals surface area contributed by atoms with Crippen LogP contribution in [0.25, 0.3) is 11.2 Å². The Kier molecular flexibility index (Phi) is 2.59. The van der Waals surface area contributed by atoms with Crippen LogP contribution in [-0.4, -0.2) is 26.6 Å². The Morgan fingerprint density at radius 2 is 2.21 bits per heavy atom. The number of hydrogen-bond donors (Lipinski definition) is 1. The first-order chi connectivity index (χ1) is 9.19. The molecular weight excluding hydrogens is 246 g/mol. The molecule has 19 heavy (non-hydrogen) atoms. The van der Waals surface area contributed by atoms with Gasteiger partial charge in [-0.2, -0.15) is 4.98 Å². The van der Waals surface area contributed by atoms with Crippen LogP contribution in [0.2, 0.25) is 0 Å². The van der Waals surface area contributed by atoms with Crippen molar-refractivity contribution in [1.29, 1.82) is 0 Å². The Morgan fingerprint density at radius 1 is 1.37 bits per heavy atom. The third kappa shape index (κ3) is 1.88. The van der Waals surface area contributed by atoms with E-state index in [1.807, 2.05) is 19.1 Å². The Hall–Kier alpha value is -2.57. The van der Waals surface area contributed by atoms with E-state index in [-0.39, 0.29) is 0 Å². The Morgan fingerprint density at radius 3 is 2.89 bits per heavy atom. The molecule has 0 amide bonds. The molecule has 0 aliphatic heterocycles. The highest BCUT2D eigenvalue weighted by Gasteiger charge is 2.15. The predicted molar refractivity (Wildman–Crippen MR) is 68.8 cm³/mol. The maximum absolute atomic E-state index is 5.92. The monoisotopic (exact) mass is 259 g/mol. The molecule has 0 aliphatic rings. The van der Waals surface area contributed by atoms with Gasteiger partial charge < -0.3 is 14.9 Å². The zero-order chi connectivity index (χ0) is 13.4. The van der Waals surface area contributed by atoms with Gasteiger partial charge in [-0.15, -0.1) is 0 Å². The van der Waals surface area contributed by atoms with Crippen LogP contribution < -0.4 is 10.5 Å². The molecule has 2 N–H and O–H groups in total. The smallest absolute Gasteiger partial charge is 0.245 e. The fraction of sp³-hybridized carbons (Fsp3) is 0.250. The zero-order valence-corrected chi connectivity index (χ0v) is 10.6. The number of aromatic nitrogens is 4. The van der Waals surface area contributed by atoms with Crippen molar-refractivity contribution in [3.63, 3.8) is 0 Å². The van der Waals surface area contributed by atoms with Crippen LogP contribution in [0.3, 0.4) is 0 Å². The van der Waals surface area contributed by atoms with Gasteiger partial charge in [0.2, 0.25) is 11.8 Å². The number of methoxy groups -OCH3 is 1. The van der Waals surface area contributed by atoms with Crippen molar-refractivity contribution >= 4 is 17.1 Å². The lowest BCUT2D eigenvalue weighted by Crippen LogP contribution is -2.04. The van der Waals surface area contributed by atoms with Gasteiger partial charge in [-0.05, 0) is 19.1 Å². The van der Waals surface area contributed by atoms with Crippen LogP contribution in [0, 0.1) is 6.92 Å². The number of ether oxygens (including phenoxy) is 1. The van der Waals surface area contributed by atoms with Crippen molar-refractivity contribution in [2.75, 3.05) is 12.8 Å². The topological polar surface area (TPSA) is 92.0 Å². The molecule has 3 aromatic rings. The molecule has 0 unspecified atom stereocenters. The number of nitrogens with two attached hydrogens (primary N) is 1. The molecule has 0 saturated carbocycles. The summed E-state index contributed by atoms with van der Waals surface area (Å²) in [7, 11) is 1.53. The molecule has 0 fully saturated rings. The van der Waals surface area contributed by atoms with Crippen LogP contribution in [0.4, 0.5) is 5.95 Å². The van der Waals surface area contributed by atoms with Crippen LogP contribution in [0.5, 0.6) is 5.88 Å². The fourth-order valence-electron chi connectivity index (χ4n) is 1.96. The molecule has 7 nitrogen and oxygen atoms in total. The summed E-state index contributed by atoms with van der Waals surface area (Å²) < 4.78 is 12.4. The molecule has 3 aromatic heterocycles. The first-order valence-corrected chi connectivity index (χ1v) is 5.75. The van der Waals surface area contributed by atoms with Gasteiger partial charge in [0.15, 0.2) is 11.2 Å². The lowest BCUT2D eigenvalue weighted by molar-refractivity contribution is 0.401. The van der Waals surface area contributed by atoms with Crippen LogP contribution in [0.1, 0.15) is 11.5 Å². The first-order valence-electron chi connectivity index (χ1n) is 5.75. The normalized spacial score (nSPS) is 11.1. The molecule has 0 saturated heterocycles. The number of hydrogen-bond acceptors (Lipinski definition) is 6. The third-order valence-corrected chi connectivity index (χ3v) is 2.83. The summed E-state index contributed by atoms with van der Waals surface area (Å²) in [6.45, 7) is 2.36. The van der Waals surface area contributed by atoms with Crippen LogP contribution >= 0.6 is 0 Å². The second-order valence-electron chi connectivity index (χ2n) is 4.12. The quantitative estimate of drug-likeness (QED) is 0.763. The van der Waals surface area contributed by atoms with Crippen molar-refractivity contribution in [3.05, 3.63) is 30.0 Å². The highest BCUT2D eigenvalue weighted by Crippen LogP contribution is 2.23. The van der Waals surface area contributed by atoms with Crippen molar-refractivity contribution in [2.24, 2.45) is 0 Å². The van der Waals surface area contributed by atoms with Crippen molar-refractivity contribution in [3.8, 4) is 5.88 Å². The van der Waals surface area contributed by atoms with Gasteiger partial charge in [0.05, 0.1) is 13.7 Å². The Labute approximate surface area is 109 Å². The van der Waals surface area contributed by atoms with Crippen molar-refractivity contribution in [2.45, 2.75) is 13.5 Å². The highest BCUT2D eigenvalue weighted by atomic mass is 16.5. The average molecular weight is 259 g/mol. The van der Waals surface area contributed by atoms with Crippen LogP contribution in [0.15, 0.2) is 22.9 Å². The van der Waals surface area contributed by atoms with E-state index in [0.29, 0.717) is 29.5 Å². The molecule has 0 bridgehead atoms. The molecule has 0 aromatic carbocycles. The molecule has 3 heterocycles. The summed E-state index contributed by atoms with van der Waals surface area (Å²) >= 11 is 0. The molecular formula is C12H13N5O2. The lowest BCUT2D eigenvalue weighted by Gasteiger charge is -2.03. The predicted octanol–water partition coefficient (Wildman–Crippen LogP) is 1.37. The van der Waals surface area contributed by atoms with Gasteiger partial charge in [0.1, 0.15) is 17.8 Å². The number of furan rings is 1. The van der Waals surface area contributed by atoms with E-state index in [9.17, 15) is 0 Å². The van der Waals surface area contributed by atoms with Gasteiger partial charge in [0, 0.05) is 0 Å². The number of imidazole rings is 1. The summed E-state index contributed by atoms with van der Waals surface area (Å²) in [6, 6.07) is 3.80. The number of nitrogen functional groups attached to an aromatic ring is 1. The number of fused-ring (bicyclic) bond motifs is 1. The molecule has 0 aliphatic carbocycles. The number of aryl methyl sites for hydroxylation is 1. The maximum atomic E-state index is 5.92. The first kappa shape index (κ1) is 11.5. The van der Waals surface area contributed by atoms with E-state index < -0.39 is 0 Å². The maximum Gasteiger partial charge on any atom is 0.245 e. The van der Waals surface area contributed by atoms with Gasteiger partial charge in [-0.1, -0.05) is 0 Å². The molecule has 0 spiro atoms. The van der Waals surface area contributed by atoms with Gasteiger partial charge in [-0.25, -0.2) is 9.97 Å². The van der Waals surface area contributed by atoms with E-state index in [1.54, 1.807) is 4.57 Å². The molecule has 0 atom stereocenters. The number of anilines is 1. The fourth-order valence-corrected chi connectivity index (χ4v) is 1.96. The summed E-state index contributed by atoms with van der Waals surface area (Å²) in [5, 5.41) is 0. The van der Waals surface area contributed by atoms with Crippen molar-refractivity contribution < 1.29 is 9.15 Å². The van der Waals surface area contributed by atoms with E-state index in [1.165, 1.54) is 13.4 Å². The molecule has 3 rings (SSSR count). The van der Waals surface area contributed by atoms with Crippen LogP contribution in [-0.2, 0) is 6.54 Å². The highest BCUT2D eigenvalue weighted by molar-refractivity contribution is 5.78. The minimum absolute atomic E-state index is 0.350. The molecule has 7 heteroatoms. The van der Waals surface area contributed by atoms with E-state index >= 15 is 0 Å². The van der Waals surface area contributed by atoms with E-state index in [2.05, 4.69) is 15.0 Å². The number of rotatable bonds is 3. The summed E-state index contributed by atoms with van der Waals surface area (Å²) in [5.74, 6) is 2.40. The van der Waals surface area contributed by atoms with E-state index in [4.69, 9.17) is 14.9 Å². The minimum atomic E-state index is 0.350. The third-order valence-electron chi connectivity index (χ3n) is 2.83. The second-order valence-corrected chi connectivity index (χ2v) is 4.12. The Bertz CT molecular complexity index is 731. The largest absolute Gasteiger partial charge is 0.479 e. The molecule has 98 valence electrons. The molecule has 0 radical (unpaired) electrons. The lowest BCUT2D eigenvalue weighted by atomic mass is 10.4. The Balaban J connectivity index is 2.10. The average Bonchev–Trinajstić information content (AvgIpc) is 2.94. The summed E-state index contributed by atoms with van der Waals surface area (Å²) in [4.78, 5) is 12.4. The SMILES string of the molecule is COc1ncnc2c1nc(N)n2Cc1ccc(C)o1. The summed E-state index contributed by atoms with van der Waals surface area (Å²) in [5.41, 5.74) is 7.09. The van der Waals surface area contributed by atoms with Gasteiger partial charge in [-0.3, -0.25) is 4.57 Å². The van der Waals surface area contributed by atoms with E-state index in [0.717, 1.165) is 11.5 Å². The van der Waals surface area contributed by atoms with Crippen molar-refractivity contribution in [1.82, 2.24) is 19.5 Å².